The molecular formula is C15H23NO2. The van der Waals surface area contributed by atoms with Crippen molar-refractivity contribution in [2.75, 3.05) is 6.73 Å². The molecule has 0 radical (unpaired) electrons. The molecular weight excluding hydrogens is 226 g/mol. The third kappa shape index (κ3) is 4.49. The molecule has 1 rings (SSSR count). The van der Waals surface area contributed by atoms with Gasteiger partial charge < -0.3 is 10.1 Å². The van der Waals surface area contributed by atoms with Crippen LogP contribution >= 0.6 is 0 Å². The molecule has 3 heteroatoms. The van der Waals surface area contributed by atoms with Crippen LogP contribution in [0.1, 0.15) is 37.5 Å². The van der Waals surface area contributed by atoms with Gasteiger partial charge in [-0.1, -0.05) is 25.1 Å². The quantitative estimate of drug-likeness (QED) is 0.787. The van der Waals surface area contributed by atoms with Crippen molar-refractivity contribution >= 4 is 5.91 Å². The summed E-state index contributed by atoms with van der Waals surface area (Å²) in [6.45, 7) is 8.33. The number of carbonyl (C=O) groups excluding carboxylic acids is 1. The first-order valence-corrected chi connectivity index (χ1v) is 6.50. The van der Waals surface area contributed by atoms with Gasteiger partial charge in [-0.05, 0) is 43.9 Å². The van der Waals surface area contributed by atoms with E-state index in [1.807, 2.05) is 32.9 Å². The first-order chi connectivity index (χ1) is 8.54. The molecule has 3 nitrogen and oxygen atoms in total. The number of hydrogen-bond donors (Lipinski definition) is 1. The Kier molecular flexibility index (Phi) is 5.86. The van der Waals surface area contributed by atoms with Crippen LogP contribution in [0.3, 0.4) is 0 Å². The van der Waals surface area contributed by atoms with Gasteiger partial charge in [0.15, 0.2) is 0 Å². The lowest BCUT2D eigenvalue weighted by Gasteiger charge is -2.12. The van der Waals surface area contributed by atoms with E-state index in [4.69, 9.17) is 4.74 Å². The van der Waals surface area contributed by atoms with Gasteiger partial charge >= 0.3 is 0 Å². The molecule has 0 saturated carbocycles. The molecule has 100 valence electrons. The highest BCUT2D eigenvalue weighted by atomic mass is 16.5. The van der Waals surface area contributed by atoms with E-state index in [-0.39, 0.29) is 18.7 Å². The maximum Gasteiger partial charge on any atom is 0.226 e. The van der Waals surface area contributed by atoms with Crippen molar-refractivity contribution in [3.63, 3.8) is 0 Å². The molecule has 0 aliphatic rings. The van der Waals surface area contributed by atoms with Crippen molar-refractivity contribution in [2.45, 2.75) is 46.6 Å². The third-order valence-electron chi connectivity index (χ3n) is 2.91. The molecule has 0 aliphatic heterocycles. The summed E-state index contributed by atoms with van der Waals surface area (Å²) in [6.07, 6.45) is 1.51. The summed E-state index contributed by atoms with van der Waals surface area (Å²) >= 11 is 0. The number of amides is 1. The zero-order chi connectivity index (χ0) is 13.5. The lowest BCUT2D eigenvalue weighted by molar-refractivity contribution is -0.122. The van der Waals surface area contributed by atoms with E-state index in [2.05, 4.69) is 18.3 Å². The Hall–Kier alpha value is -1.35. The van der Waals surface area contributed by atoms with Crippen LogP contribution in [0.2, 0.25) is 0 Å². The van der Waals surface area contributed by atoms with Gasteiger partial charge in [0.2, 0.25) is 5.91 Å². The molecule has 0 aliphatic carbocycles. The average molecular weight is 249 g/mol. The fourth-order valence-electron chi connectivity index (χ4n) is 1.86. The summed E-state index contributed by atoms with van der Waals surface area (Å²) in [7, 11) is 0. The topological polar surface area (TPSA) is 38.3 Å². The summed E-state index contributed by atoms with van der Waals surface area (Å²) in [5.74, 6) is 0.0136. The number of benzene rings is 1. The largest absolute Gasteiger partial charge is 0.359 e. The molecule has 1 aromatic carbocycles. The number of hydrogen-bond acceptors (Lipinski definition) is 2. The molecule has 1 amide bonds. The molecule has 18 heavy (non-hydrogen) atoms. The molecule has 1 N–H and O–H groups in total. The minimum atomic E-state index is 0.0136. The highest BCUT2D eigenvalue weighted by Gasteiger charge is 2.09. The molecule has 0 saturated heterocycles. The number of nitrogens with one attached hydrogen (secondary N) is 1. The predicted molar refractivity (Wildman–Crippen MR) is 73.5 cm³/mol. The highest BCUT2D eigenvalue weighted by molar-refractivity contribution is 5.79. The maximum absolute atomic E-state index is 11.8. The van der Waals surface area contributed by atoms with E-state index in [0.29, 0.717) is 6.42 Å². The van der Waals surface area contributed by atoms with Gasteiger partial charge in [-0.15, -0.1) is 0 Å². The van der Waals surface area contributed by atoms with Crippen molar-refractivity contribution in [1.82, 2.24) is 5.32 Å². The van der Waals surface area contributed by atoms with E-state index in [1.165, 1.54) is 11.1 Å². The summed E-state index contributed by atoms with van der Waals surface area (Å²) in [6, 6.07) is 6.17. The van der Waals surface area contributed by atoms with Crippen molar-refractivity contribution in [3.8, 4) is 0 Å². The minimum Gasteiger partial charge on any atom is -0.359 e. The van der Waals surface area contributed by atoms with E-state index < -0.39 is 0 Å². The Morgan fingerprint density at radius 3 is 2.72 bits per heavy atom. The summed E-state index contributed by atoms with van der Waals surface area (Å²) < 4.78 is 5.31. The Balaban J connectivity index is 2.59. The molecule has 0 aromatic heterocycles. The number of rotatable bonds is 6. The Morgan fingerprint density at radius 1 is 1.39 bits per heavy atom. The fourth-order valence-corrected chi connectivity index (χ4v) is 1.86. The van der Waals surface area contributed by atoms with Crippen LogP contribution < -0.4 is 5.32 Å². The molecule has 0 heterocycles. The minimum absolute atomic E-state index is 0.0136. The maximum atomic E-state index is 11.8. The Bertz CT molecular complexity index is 399. The van der Waals surface area contributed by atoms with Crippen molar-refractivity contribution in [1.29, 1.82) is 0 Å². The lowest BCUT2D eigenvalue weighted by Crippen LogP contribution is -2.29. The van der Waals surface area contributed by atoms with Gasteiger partial charge in [0.1, 0.15) is 6.73 Å². The standard InChI is InChI=1S/C15H23NO2/c1-5-13-8-6-7-12(4)14(13)9-15(17)16-10-18-11(2)3/h6-8,11H,5,9-10H2,1-4H3,(H,16,17). The smallest absolute Gasteiger partial charge is 0.226 e. The first-order valence-electron chi connectivity index (χ1n) is 6.50. The van der Waals surface area contributed by atoms with Crippen LogP contribution in [0, 0.1) is 6.92 Å². The van der Waals surface area contributed by atoms with Crippen LogP contribution in [0.5, 0.6) is 0 Å². The Morgan fingerprint density at radius 2 is 2.11 bits per heavy atom. The van der Waals surface area contributed by atoms with Gasteiger partial charge in [0, 0.05) is 0 Å². The van der Waals surface area contributed by atoms with Gasteiger partial charge in [0.25, 0.3) is 0 Å². The second-order valence-electron chi connectivity index (χ2n) is 4.70. The number of ether oxygens (including phenoxy) is 1. The van der Waals surface area contributed by atoms with E-state index >= 15 is 0 Å². The number of aryl methyl sites for hydroxylation is 2. The average Bonchev–Trinajstić information content (AvgIpc) is 2.31. The predicted octanol–water partition coefficient (Wildman–Crippen LogP) is 2.60. The highest BCUT2D eigenvalue weighted by Crippen LogP contribution is 2.15. The summed E-state index contributed by atoms with van der Waals surface area (Å²) in [4.78, 5) is 11.8. The van der Waals surface area contributed by atoms with Crippen LogP contribution in [0.15, 0.2) is 18.2 Å². The van der Waals surface area contributed by atoms with Gasteiger partial charge in [-0.3, -0.25) is 4.79 Å². The normalized spacial score (nSPS) is 10.7. The van der Waals surface area contributed by atoms with Crippen LogP contribution in [0.25, 0.3) is 0 Å². The van der Waals surface area contributed by atoms with Crippen LogP contribution in [-0.2, 0) is 22.4 Å². The molecule has 0 unspecified atom stereocenters. The Labute approximate surface area is 110 Å². The van der Waals surface area contributed by atoms with Crippen molar-refractivity contribution < 1.29 is 9.53 Å². The van der Waals surface area contributed by atoms with E-state index in [1.54, 1.807) is 0 Å². The van der Waals surface area contributed by atoms with Crippen LogP contribution in [0.4, 0.5) is 0 Å². The third-order valence-corrected chi connectivity index (χ3v) is 2.91. The lowest BCUT2D eigenvalue weighted by atomic mass is 9.97. The zero-order valence-electron chi connectivity index (χ0n) is 11.7. The number of carbonyl (C=O) groups is 1. The van der Waals surface area contributed by atoms with Gasteiger partial charge in [-0.25, -0.2) is 0 Å². The molecule has 0 bridgehead atoms. The van der Waals surface area contributed by atoms with Crippen molar-refractivity contribution in [3.05, 3.63) is 34.9 Å². The van der Waals surface area contributed by atoms with E-state index in [9.17, 15) is 4.79 Å². The summed E-state index contributed by atoms with van der Waals surface area (Å²) in [5.41, 5.74) is 3.56. The monoisotopic (exact) mass is 249 g/mol. The summed E-state index contributed by atoms with van der Waals surface area (Å²) in [5, 5.41) is 2.78. The molecule has 0 atom stereocenters. The molecule has 0 spiro atoms. The van der Waals surface area contributed by atoms with Crippen LogP contribution in [-0.4, -0.2) is 18.7 Å². The second-order valence-corrected chi connectivity index (χ2v) is 4.70. The van der Waals surface area contributed by atoms with Gasteiger partial charge in [-0.2, -0.15) is 0 Å². The van der Waals surface area contributed by atoms with E-state index in [0.717, 1.165) is 12.0 Å². The zero-order valence-corrected chi connectivity index (χ0v) is 11.7. The SMILES string of the molecule is CCc1cccc(C)c1CC(=O)NCOC(C)C. The first kappa shape index (κ1) is 14.7. The molecule has 0 fully saturated rings. The second kappa shape index (κ2) is 7.17. The fraction of sp³-hybridized carbons (Fsp3) is 0.533. The van der Waals surface area contributed by atoms with Gasteiger partial charge in [0.05, 0.1) is 12.5 Å². The van der Waals surface area contributed by atoms with Crippen molar-refractivity contribution in [2.24, 2.45) is 0 Å². The molecule has 1 aromatic rings.